The number of hydrogen-bond donors (Lipinski definition) is 0. The van der Waals surface area contributed by atoms with Crippen LogP contribution in [-0.4, -0.2) is 18.4 Å². The number of amides is 1. The summed E-state index contributed by atoms with van der Waals surface area (Å²) in [4.78, 5) is 26.3. The molecule has 2 aromatic rings. The number of rotatable bonds is 3. The third-order valence-electron chi connectivity index (χ3n) is 4.13. The van der Waals surface area contributed by atoms with Gasteiger partial charge in [-0.3, -0.25) is 9.59 Å². The summed E-state index contributed by atoms with van der Waals surface area (Å²) < 4.78 is 5.52. The Morgan fingerprint density at radius 3 is 2.75 bits per heavy atom. The predicted molar refractivity (Wildman–Crippen MR) is 93.5 cm³/mol. The summed E-state index contributed by atoms with van der Waals surface area (Å²) in [6.07, 6.45) is 0.149. The molecule has 24 heavy (non-hydrogen) atoms. The van der Waals surface area contributed by atoms with Gasteiger partial charge in [0.1, 0.15) is 5.75 Å². The average Bonchev–Trinajstić information content (AvgIpc) is 2.93. The lowest BCUT2D eigenvalue weighted by atomic mass is 10.1. The van der Waals surface area contributed by atoms with Gasteiger partial charge in [-0.25, -0.2) is 0 Å². The van der Waals surface area contributed by atoms with E-state index < -0.39 is 5.92 Å². The first-order valence-corrected chi connectivity index (χ1v) is 8.17. The highest BCUT2D eigenvalue weighted by atomic mass is 35.5. The Labute approximate surface area is 146 Å². The molecule has 5 heteroatoms. The molecule has 2 aromatic carbocycles. The first-order valence-electron chi connectivity index (χ1n) is 7.79. The third kappa shape index (κ3) is 3.44. The smallest absolute Gasteiger partial charge is 0.316 e. The number of anilines is 1. The summed E-state index contributed by atoms with van der Waals surface area (Å²) in [6.45, 7) is 4.14. The molecule has 1 fully saturated rings. The molecule has 0 unspecified atom stereocenters. The molecular weight excluding hydrogens is 326 g/mol. The minimum absolute atomic E-state index is 0.0971. The highest BCUT2D eigenvalue weighted by Gasteiger charge is 2.36. The Hall–Kier alpha value is -2.33. The van der Waals surface area contributed by atoms with Gasteiger partial charge in [-0.05, 0) is 49.2 Å². The van der Waals surface area contributed by atoms with Gasteiger partial charge in [0, 0.05) is 23.7 Å². The van der Waals surface area contributed by atoms with Crippen molar-refractivity contribution >= 4 is 29.2 Å². The Balaban J connectivity index is 1.73. The molecule has 3 rings (SSSR count). The minimum atomic E-state index is -0.476. The largest absolute Gasteiger partial charge is 0.426 e. The summed E-state index contributed by atoms with van der Waals surface area (Å²) in [6, 6.07) is 12.8. The van der Waals surface area contributed by atoms with Crippen molar-refractivity contribution in [3.05, 3.63) is 58.6 Å². The lowest BCUT2D eigenvalue weighted by Crippen LogP contribution is -2.27. The highest BCUT2D eigenvalue weighted by molar-refractivity contribution is 6.30. The van der Waals surface area contributed by atoms with Gasteiger partial charge >= 0.3 is 5.97 Å². The summed E-state index contributed by atoms with van der Waals surface area (Å²) in [5.74, 6) is -0.396. The quantitative estimate of drug-likeness (QED) is 0.627. The number of halogens is 1. The lowest BCUT2D eigenvalue weighted by molar-refractivity contribution is -0.139. The predicted octanol–water partition coefficient (Wildman–Crippen LogP) is 3.92. The third-order valence-corrected chi connectivity index (χ3v) is 4.37. The maximum Gasteiger partial charge on any atom is 0.316 e. The summed E-state index contributed by atoms with van der Waals surface area (Å²) in [5, 5.41) is 0.557. The first-order chi connectivity index (χ1) is 11.4. The summed E-state index contributed by atoms with van der Waals surface area (Å²) in [5.41, 5.74) is 2.62. The van der Waals surface area contributed by atoms with Gasteiger partial charge in [-0.15, -0.1) is 0 Å². The van der Waals surface area contributed by atoms with Crippen LogP contribution in [0, 0.1) is 19.8 Å². The van der Waals surface area contributed by atoms with E-state index in [0.717, 1.165) is 11.1 Å². The molecular formula is C19H18ClNO3. The van der Waals surface area contributed by atoms with E-state index in [1.807, 2.05) is 38.1 Å². The summed E-state index contributed by atoms with van der Waals surface area (Å²) >= 11 is 5.98. The molecule has 0 N–H and O–H groups in total. The van der Waals surface area contributed by atoms with Crippen LogP contribution in [0.25, 0.3) is 0 Å². The number of esters is 1. The van der Waals surface area contributed by atoms with Crippen molar-refractivity contribution in [2.24, 2.45) is 5.92 Å². The van der Waals surface area contributed by atoms with Crippen molar-refractivity contribution in [2.45, 2.75) is 20.3 Å². The molecule has 1 atom stereocenters. The van der Waals surface area contributed by atoms with Gasteiger partial charge in [0.15, 0.2) is 0 Å². The number of benzene rings is 2. The van der Waals surface area contributed by atoms with Crippen LogP contribution in [0.3, 0.4) is 0 Å². The van der Waals surface area contributed by atoms with E-state index in [1.165, 1.54) is 0 Å². The Morgan fingerprint density at radius 2 is 2.00 bits per heavy atom. The zero-order valence-corrected chi connectivity index (χ0v) is 14.3. The number of carbonyl (C=O) groups is 2. The molecule has 0 saturated carbocycles. The molecule has 0 aliphatic carbocycles. The van der Waals surface area contributed by atoms with E-state index in [9.17, 15) is 9.59 Å². The van der Waals surface area contributed by atoms with Crippen LogP contribution in [0.2, 0.25) is 5.02 Å². The second-order valence-corrected chi connectivity index (χ2v) is 6.51. The standard InChI is InChI=1S/C19H18ClNO3/c1-12-6-7-13(2)17(8-12)24-19(23)14-9-18(22)21(11-14)16-5-3-4-15(20)10-16/h3-8,10,14H,9,11H2,1-2H3/t14-/m1/s1. The van der Waals surface area contributed by atoms with Gasteiger partial charge in [-0.1, -0.05) is 29.8 Å². The monoisotopic (exact) mass is 343 g/mol. The fraction of sp³-hybridized carbons (Fsp3) is 0.263. The molecule has 0 radical (unpaired) electrons. The molecule has 1 aliphatic rings. The Kier molecular flexibility index (Phi) is 4.58. The lowest BCUT2D eigenvalue weighted by Gasteiger charge is -2.17. The normalized spacial score (nSPS) is 17.2. The van der Waals surface area contributed by atoms with E-state index in [4.69, 9.17) is 16.3 Å². The molecule has 1 amide bonds. The van der Waals surface area contributed by atoms with E-state index in [2.05, 4.69) is 0 Å². The number of carbonyl (C=O) groups excluding carboxylic acids is 2. The SMILES string of the molecule is Cc1ccc(C)c(OC(=O)[C@@H]2CC(=O)N(c3cccc(Cl)c3)C2)c1. The molecule has 0 bridgehead atoms. The minimum Gasteiger partial charge on any atom is -0.426 e. The molecule has 1 aliphatic heterocycles. The van der Waals surface area contributed by atoms with Crippen molar-refractivity contribution in [1.82, 2.24) is 0 Å². The first kappa shape index (κ1) is 16.5. The molecule has 124 valence electrons. The highest BCUT2D eigenvalue weighted by Crippen LogP contribution is 2.29. The zero-order chi connectivity index (χ0) is 17.3. The van der Waals surface area contributed by atoms with Crippen LogP contribution >= 0.6 is 11.6 Å². The van der Waals surface area contributed by atoms with Gasteiger partial charge in [-0.2, -0.15) is 0 Å². The van der Waals surface area contributed by atoms with Crippen molar-refractivity contribution in [3.63, 3.8) is 0 Å². The van der Waals surface area contributed by atoms with E-state index in [1.54, 1.807) is 23.1 Å². The van der Waals surface area contributed by atoms with Crippen molar-refractivity contribution in [2.75, 3.05) is 11.4 Å². The second kappa shape index (κ2) is 6.65. The van der Waals surface area contributed by atoms with Gasteiger partial charge < -0.3 is 9.64 Å². The van der Waals surface area contributed by atoms with Crippen LogP contribution < -0.4 is 9.64 Å². The number of ether oxygens (including phenoxy) is 1. The number of hydrogen-bond acceptors (Lipinski definition) is 3. The van der Waals surface area contributed by atoms with Crippen LogP contribution in [0.1, 0.15) is 17.5 Å². The van der Waals surface area contributed by atoms with Crippen LogP contribution in [0.5, 0.6) is 5.75 Å². The van der Waals surface area contributed by atoms with Crippen molar-refractivity contribution < 1.29 is 14.3 Å². The molecule has 1 saturated heterocycles. The Bertz CT molecular complexity index is 803. The molecule has 0 aromatic heterocycles. The number of nitrogens with zero attached hydrogens (tertiary/aromatic N) is 1. The second-order valence-electron chi connectivity index (χ2n) is 6.08. The fourth-order valence-electron chi connectivity index (χ4n) is 2.77. The summed E-state index contributed by atoms with van der Waals surface area (Å²) in [7, 11) is 0. The van der Waals surface area contributed by atoms with Crippen molar-refractivity contribution in [3.8, 4) is 5.75 Å². The van der Waals surface area contributed by atoms with E-state index >= 15 is 0 Å². The van der Waals surface area contributed by atoms with E-state index in [-0.39, 0.29) is 18.3 Å². The zero-order valence-electron chi connectivity index (χ0n) is 13.6. The van der Waals surface area contributed by atoms with Crippen LogP contribution in [-0.2, 0) is 9.59 Å². The Morgan fingerprint density at radius 1 is 1.21 bits per heavy atom. The topological polar surface area (TPSA) is 46.6 Å². The van der Waals surface area contributed by atoms with E-state index in [0.29, 0.717) is 23.0 Å². The van der Waals surface area contributed by atoms with Gasteiger partial charge in [0.2, 0.25) is 5.91 Å². The molecule has 0 spiro atoms. The fourth-order valence-corrected chi connectivity index (χ4v) is 2.95. The maximum atomic E-state index is 12.4. The van der Waals surface area contributed by atoms with Crippen LogP contribution in [0.4, 0.5) is 5.69 Å². The average molecular weight is 344 g/mol. The van der Waals surface area contributed by atoms with Gasteiger partial charge in [0.25, 0.3) is 0 Å². The number of aryl methyl sites for hydroxylation is 2. The van der Waals surface area contributed by atoms with Gasteiger partial charge in [0.05, 0.1) is 5.92 Å². The molecule has 4 nitrogen and oxygen atoms in total. The molecule has 1 heterocycles. The maximum absolute atomic E-state index is 12.4. The van der Waals surface area contributed by atoms with Crippen molar-refractivity contribution in [1.29, 1.82) is 0 Å². The van der Waals surface area contributed by atoms with Crippen LogP contribution in [0.15, 0.2) is 42.5 Å².